The van der Waals surface area contributed by atoms with E-state index in [1.807, 2.05) is 30.6 Å². The Balaban J connectivity index is 1.12. The third-order valence-corrected chi connectivity index (χ3v) is 8.33. The predicted octanol–water partition coefficient (Wildman–Crippen LogP) is 2.94. The van der Waals surface area contributed by atoms with Crippen molar-refractivity contribution in [1.29, 1.82) is 0 Å². The van der Waals surface area contributed by atoms with Gasteiger partial charge in [-0.3, -0.25) is 29.6 Å². The lowest BCUT2D eigenvalue weighted by Crippen LogP contribution is -2.57. The zero-order chi connectivity index (χ0) is 24.8. The Morgan fingerprint density at radius 2 is 1.89 bits per heavy atom. The van der Waals surface area contributed by atoms with Gasteiger partial charge >= 0.3 is 0 Å². The van der Waals surface area contributed by atoms with Gasteiger partial charge in [-0.2, -0.15) is 0 Å². The van der Waals surface area contributed by atoms with Crippen LogP contribution in [0.15, 0.2) is 36.7 Å². The summed E-state index contributed by atoms with van der Waals surface area (Å²) in [5.74, 6) is 0.524. The van der Waals surface area contributed by atoms with Crippen molar-refractivity contribution in [2.24, 2.45) is 0 Å². The van der Waals surface area contributed by atoms with Crippen LogP contribution in [0.25, 0.3) is 0 Å². The molecule has 8 heteroatoms. The van der Waals surface area contributed by atoms with E-state index < -0.39 is 6.04 Å². The van der Waals surface area contributed by atoms with Crippen LogP contribution >= 0.6 is 0 Å². The SMILES string of the molecule is Cc1cnccc1C1CN([C@H]2CCCC[C@@H]2Oc2ccc3c(c2)CN([C@@H]2CCC(=O)NC2=O)C3=O)C1. The van der Waals surface area contributed by atoms with Crippen molar-refractivity contribution < 1.29 is 19.1 Å². The van der Waals surface area contributed by atoms with Crippen LogP contribution in [-0.2, 0) is 16.1 Å². The molecule has 1 aliphatic carbocycles. The number of hydrogen-bond donors (Lipinski definition) is 1. The van der Waals surface area contributed by atoms with Crippen molar-refractivity contribution in [3.05, 3.63) is 58.9 Å². The number of carbonyl (C=O) groups is 3. The summed E-state index contributed by atoms with van der Waals surface area (Å²) in [5, 5.41) is 2.36. The highest BCUT2D eigenvalue weighted by molar-refractivity contribution is 6.05. The maximum atomic E-state index is 13.0. The van der Waals surface area contributed by atoms with Crippen LogP contribution in [0, 0.1) is 6.92 Å². The molecule has 1 aromatic heterocycles. The number of rotatable bonds is 5. The van der Waals surface area contributed by atoms with Gasteiger partial charge in [-0.1, -0.05) is 6.42 Å². The van der Waals surface area contributed by atoms with E-state index in [0.29, 0.717) is 30.5 Å². The first kappa shape index (κ1) is 23.2. The van der Waals surface area contributed by atoms with Gasteiger partial charge in [-0.05, 0) is 73.6 Å². The summed E-state index contributed by atoms with van der Waals surface area (Å²) in [6.07, 6.45) is 9.13. The summed E-state index contributed by atoms with van der Waals surface area (Å²) >= 11 is 0. The predicted molar refractivity (Wildman–Crippen MR) is 132 cm³/mol. The molecule has 2 aromatic rings. The molecule has 3 fully saturated rings. The maximum absolute atomic E-state index is 13.0. The molecule has 1 saturated carbocycles. The lowest BCUT2D eigenvalue weighted by molar-refractivity contribution is -0.136. The fourth-order valence-corrected chi connectivity index (χ4v) is 6.35. The van der Waals surface area contributed by atoms with Gasteiger partial charge in [0.25, 0.3) is 5.91 Å². The number of piperidine rings is 1. The standard InChI is InChI=1S/C28H32N4O4/c1-17-13-29-11-10-21(17)19-14-31(15-19)23-4-2-3-5-25(23)36-20-6-7-22-18(12-20)16-32(28(22)35)24-8-9-26(33)30-27(24)34/h6-7,10-13,19,23-25H,2-5,8-9,14-16H2,1H3,(H,30,33,34)/t23-,24+,25-/m0/s1. The normalized spacial score (nSPS) is 27.0. The number of fused-ring (bicyclic) bond motifs is 1. The first-order chi connectivity index (χ1) is 17.5. The Morgan fingerprint density at radius 1 is 1.06 bits per heavy atom. The molecule has 1 aromatic carbocycles. The summed E-state index contributed by atoms with van der Waals surface area (Å²) in [5.41, 5.74) is 4.16. The zero-order valence-electron chi connectivity index (χ0n) is 20.6. The molecule has 2 saturated heterocycles. The van der Waals surface area contributed by atoms with Crippen molar-refractivity contribution in [2.75, 3.05) is 13.1 Å². The van der Waals surface area contributed by atoms with Gasteiger partial charge in [0.05, 0.1) is 0 Å². The van der Waals surface area contributed by atoms with E-state index in [1.54, 1.807) is 4.90 Å². The largest absolute Gasteiger partial charge is 0.489 e. The number of pyridine rings is 1. The minimum atomic E-state index is -0.599. The molecule has 36 heavy (non-hydrogen) atoms. The van der Waals surface area contributed by atoms with Crippen LogP contribution in [0.5, 0.6) is 5.75 Å². The number of carbonyl (C=O) groups excluding carboxylic acids is 3. The monoisotopic (exact) mass is 488 g/mol. The van der Waals surface area contributed by atoms with Crippen LogP contribution < -0.4 is 10.1 Å². The molecule has 8 nitrogen and oxygen atoms in total. The Hall–Kier alpha value is -3.26. The fourth-order valence-electron chi connectivity index (χ4n) is 6.35. The second kappa shape index (κ2) is 9.32. The smallest absolute Gasteiger partial charge is 0.255 e. The second-order valence-corrected chi connectivity index (χ2v) is 10.6. The van der Waals surface area contributed by atoms with Gasteiger partial charge in [0.2, 0.25) is 11.8 Å². The van der Waals surface area contributed by atoms with Crippen LogP contribution in [0.4, 0.5) is 0 Å². The van der Waals surface area contributed by atoms with Gasteiger partial charge in [-0.15, -0.1) is 0 Å². The molecule has 4 aliphatic rings. The second-order valence-electron chi connectivity index (χ2n) is 10.6. The number of amides is 3. The van der Waals surface area contributed by atoms with Crippen molar-refractivity contribution in [3.63, 3.8) is 0 Å². The lowest BCUT2D eigenvalue weighted by Gasteiger charge is -2.48. The average molecular weight is 489 g/mol. The minimum Gasteiger partial charge on any atom is -0.489 e. The molecule has 188 valence electrons. The Bertz CT molecular complexity index is 1210. The molecule has 1 N–H and O–H groups in total. The van der Waals surface area contributed by atoms with E-state index >= 15 is 0 Å². The summed E-state index contributed by atoms with van der Waals surface area (Å²) in [4.78, 5) is 45.2. The number of aromatic nitrogens is 1. The minimum absolute atomic E-state index is 0.125. The highest BCUT2D eigenvalue weighted by Crippen LogP contribution is 2.37. The molecule has 3 aliphatic heterocycles. The van der Waals surface area contributed by atoms with E-state index in [1.165, 1.54) is 17.5 Å². The molecule has 4 heterocycles. The highest BCUT2D eigenvalue weighted by atomic mass is 16.5. The number of benzene rings is 1. The van der Waals surface area contributed by atoms with Gasteiger partial charge in [-0.25, -0.2) is 0 Å². The summed E-state index contributed by atoms with van der Waals surface area (Å²) < 4.78 is 6.56. The van der Waals surface area contributed by atoms with E-state index in [0.717, 1.165) is 43.7 Å². The molecule has 0 spiro atoms. The van der Waals surface area contributed by atoms with Crippen molar-refractivity contribution in [2.45, 2.75) is 76.1 Å². The van der Waals surface area contributed by atoms with E-state index in [2.05, 4.69) is 28.2 Å². The summed E-state index contributed by atoms with van der Waals surface area (Å²) in [6, 6.07) is 7.61. The summed E-state index contributed by atoms with van der Waals surface area (Å²) in [7, 11) is 0. The third kappa shape index (κ3) is 4.17. The first-order valence-electron chi connectivity index (χ1n) is 13.1. The number of ether oxygens (including phenoxy) is 1. The van der Waals surface area contributed by atoms with E-state index in [4.69, 9.17) is 4.74 Å². The molecule has 3 atom stereocenters. The van der Waals surface area contributed by atoms with Crippen molar-refractivity contribution in [1.82, 2.24) is 20.1 Å². The van der Waals surface area contributed by atoms with Crippen molar-refractivity contribution >= 4 is 17.7 Å². The van der Waals surface area contributed by atoms with Crippen LogP contribution in [0.1, 0.15) is 71.5 Å². The number of likely N-dealkylation sites (tertiary alicyclic amines) is 1. The van der Waals surface area contributed by atoms with Gasteiger partial charge in [0.15, 0.2) is 0 Å². The van der Waals surface area contributed by atoms with E-state index in [9.17, 15) is 14.4 Å². The average Bonchev–Trinajstić information content (AvgIpc) is 3.16. The molecule has 0 unspecified atom stereocenters. The fraction of sp³-hybridized carbons (Fsp3) is 0.500. The van der Waals surface area contributed by atoms with Gasteiger partial charge < -0.3 is 9.64 Å². The Morgan fingerprint density at radius 3 is 2.69 bits per heavy atom. The molecular weight excluding hydrogens is 456 g/mol. The topological polar surface area (TPSA) is 91.8 Å². The molecule has 0 bridgehead atoms. The Kier molecular flexibility index (Phi) is 5.99. The molecule has 3 amide bonds. The zero-order valence-corrected chi connectivity index (χ0v) is 20.6. The third-order valence-electron chi connectivity index (χ3n) is 8.33. The summed E-state index contributed by atoms with van der Waals surface area (Å²) in [6.45, 7) is 4.60. The quantitative estimate of drug-likeness (QED) is 0.651. The van der Waals surface area contributed by atoms with Crippen LogP contribution in [0.2, 0.25) is 0 Å². The van der Waals surface area contributed by atoms with Crippen LogP contribution in [-0.4, -0.2) is 63.8 Å². The van der Waals surface area contributed by atoms with Crippen molar-refractivity contribution in [3.8, 4) is 5.75 Å². The number of aryl methyl sites for hydroxylation is 1. The lowest BCUT2D eigenvalue weighted by atomic mass is 9.83. The molecular formula is C28H32N4O4. The number of imide groups is 1. The number of nitrogens with one attached hydrogen (secondary N) is 1. The van der Waals surface area contributed by atoms with Crippen LogP contribution in [0.3, 0.4) is 0 Å². The Labute approximate surface area is 211 Å². The molecule has 6 rings (SSSR count). The van der Waals surface area contributed by atoms with E-state index in [-0.39, 0.29) is 30.2 Å². The molecule has 0 radical (unpaired) electrons. The first-order valence-corrected chi connectivity index (χ1v) is 13.1. The number of hydrogen-bond acceptors (Lipinski definition) is 6. The maximum Gasteiger partial charge on any atom is 0.255 e. The van der Waals surface area contributed by atoms with Gasteiger partial charge in [0.1, 0.15) is 17.9 Å². The van der Waals surface area contributed by atoms with Gasteiger partial charge in [0, 0.05) is 56.0 Å². The number of nitrogens with zero attached hydrogens (tertiary/aromatic N) is 3. The highest BCUT2D eigenvalue weighted by Gasteiger charge is 2.41.